The van der Waals surface area contributed by atoms with Gasteiger partial charge in [-0.25, -0.2) is 0 Å². The fourth-order valence-corrected chi connectivity index (χ4v) is 2.97. The Morgan fingerprint density at radius 1 is 1.17 bits per heavy atom. The molecule has 1 unspecified atom stereocenters. The van der Waals surface area contributed by atoms with Crippen molar-refractivity contribution < 1.29 is 19.4 Å². The molecule has 0 radical (unpaired) electrons. The minimum Gasteiger partial charge on any atom is -0.493 e. The highest BCUT2D eigenvalue weighted by molar-refractivity contribution is 5.81. The fourth-order valence-electron chi connectivity index (χ4n) is 2.97. The Bertz CT molecular complexity index is 567. The van der Waals surface area contributed by atoms with Crippen LogP contribution in [0.4, 0.5) is 0 Å². The molecule has 0 saturated heterocycles. The first-order chi connectivity index (χ1) is 11.4. The topological polar surface area (TPSA) is 75.6 Å². The predicted octanol–water partition coefficient (Wildman–Crippen LogP) is 3.40. The smallest absolute Gasteiger partial charge is 0.306 e. The zero-order chi connectivity index (χ0) is 17.7. The van der Waals surface area contributed by atoms with Gasteiger partial charge in [0.2, 0.25) is 5.91 Å². The second-order valence-corrected chi connectivity index (χ2v) is 7.05. The van der Waals surface area contributed by atoms with Gasteiger partial charge in [-0.1, -0.05) is 26.0 Å². The van der Waals surface area contributed by atoms with Crippen LogP contribution in [0, 0.1) is 17.8 Å². The minimum atomic E-state index is -0.796. The van der Waals surface area contributed by atoms with Crippen LogP contribution in [0.15, 0.2) is 24.3 Å². The van der Waals surface area contributed by atoms with Crippen molar-refractivity contribution in [2.45, 2.75) is 46.1 Å². The van der Waals surface area contributed by atoms with E-state index in [1.54, 1.807) is 0 Å². The highest BCUT2D eigenvalue weighted by Gasteiger charge is 2.34. The largest absolute Gasteiger partial charge is 0.493 e. The fraction of sp³-hybridized carbons (Fsp3) is 0.579. The molecule has 5 nitrogen and oxygen atoms in total. The van der Waals surface area contributed by atoms with E-state index in [1.807, 2.05) is 31.2 Å². The number of carboxylic acid groups (broad SMARTS) is 1. The summed E-state index contributed by atoms with van der Waals surface area (Å²) in [4.78, 5) is 23.3. The van der Waals surface area contributed by atoms with E-state index in [0.29, 0.717) is 31.8 Å². The Kier molecular flexibility index (Phi) is 6.23. The molecular weight excluding hydrogens is 306 g/mol. The van der Waals surface area contributed by atoms with Gasteiger partial charge >= 0.3 is 5.97 Å². The van der Waals surface area contributed by atoms with Crippen molar-refractivity contribution >= 4 is 11.9 Å². The number of benzene rings is 1. The maximum absolute atomic E-state index is 12.3. The van der Waals surface area contributed by atoms with Gasteiger partial charge in [0.05, 0.1) is 18.6 Å². The molecule has 1 saturated carbocycles. The van der Waals surface area contributed by atoms with Gasteiger partial charge in [0.1, 0.15) is 5.75 Å². The molecular formula is C19H27NO4. The van der Waals surface area contributed by atoms with Crippen molar-refractivity contribution in [2.75, 3.05) is 6.61 Å². The zero-order valence-electron chi connectivity index (χ0n) is 14.6. The van der Waals surface area contributed by atoms with Crippen molar-refractivity contribution in [3.63, 3.8) is 0 Å². The molecule has 1 amide bonds. The van der Waals surface area contributed by atoms with Gasteiger partial charge in [0.25, 0.3) is 0 Å². The van der Waals surface area contributed by atoms with E-state index >= 15 is 0 Å². The molecule has 0 bridgehead atoms. The number of aliphatic carboxylic acids is 1. The van der Waals surface area contributed by atoms with E-state index in [4.69, 9.17) is 9.84 Å². The maximum Gasteiger partial charge on any atom is 0.306 e. The van der Waals surface area contributed by atoms with E-state index < -0.39 is 5.97 Å². The van der Waals surface area contributed by atoms with Crippen molar-refractivity contribution in [1.82, 2.24) is 5.32 Å². The molecule has 2 N–H and O–H groups in total. The maximum atomic E-state index is 12.3. The summed E-state index contributed by atoms with van der Waals surface area (Å²) in [6.07, 6.45) is 1.68. The number of nitrogens with one attached hydrogen (secondary N) is 1. The van der Waals surface area contributed by atoms with E-state index in [0.717, 1.165) is 11.3 Å². The second-order valence-electron chi connectivity index (χ2n) is 7.05. The molecule has 1 aromatic carbocycles. The normalized spacial score (nSPS) is 21.5. The van der Waals surface area contributed by atoms with Gasteiger partial charge < -0.3 is 15.2 Å². The average Bonchev–Trinajstić information content (AvgIpc) is 3.03. The van der Waals surface area contributed by atoms with Crippen LogP contribution in [-0.2, 0) is 9.59 Å². The van der Waals surface area contributed by atoms with Crippen LogP contribution < -0.4 is 10.1 Å². The lowest BCUT2D eigenvalue weighted by Crippen LogP contribution is -2.32. The highest BCUT2D eigenvalue weighted by atomic mass is 16.5. The molecule has 2 rings (SSSR count). The lowest BCUT2D eigenvalue weighted by molar-refractivity contribution is -0.141. The number of carboxylic acids is 1. The predicted molar refractivity (Wildman–Crippen MR) is 91.8 cm³/mol. The van der Waals surface area contributed by atoms with Gasteiger partial charge in [-0.3, -0.25) is 9.59 Å². The molecule has 0 aromatic heterocycles. The summed E-state index contributed by atoms with van der Waals surface area (Å²) >= 11 is 0. The first-order valence-corrected chi connectivity index (χ1v) is 8.62. The van der Waals surface area contributed by atoms with Crippen LogP contribution in [0.5, 0.6) is 5.75 Å². The summed E-state index contributed by atoms with van der Waals surface area (Å²) in [5.41, 5.74) is 1.01. The van der Waals surface area contributed by atoms with Gasteiger partial charge in [-0.2, -0.15) is 0 Å². The van der Waals surface area contributed by atoms with Crippen molar-refractivity contribution in [3.8, 4) is 5.75 Å². The number of amides is 1. The third-order valence-electron chi connectivity index (χ3n) is 4.47. The summed E-state index contributed by atoms with van der Waals surface area (Å²) < 4.78 is 5.66. The van der Waals surface area contributed by atoms with Crippen LogP contribution in [0.1, 0.15) is 51.6 Å². The Morgan fingerprint density at radius 2 is 1.79 bits per heavy atom. The van der Waals surface area contributed by atoms with Gasteiger partial charge in [-0.15, -0.1) is 0 Å². The van der Waals surface area contributed by atoms with Crippen LogP contribution in [0.25, 0.3) is 0 Å². The van der Waals surface area contributed by atoms with Crippen LogP contribution >= 0.6 is 0 Å². The average molecular weight is 333 g/mol. The first-order valence-electron chi connectivity index (χ1n) is 8.62. The molecule has 0 spiro atoms. The monoisotopic (exact) mass is 333 g/mol. The van der Waals surface area contributed by atoms with Gasteiger partial charge in [0.15, 0.2) is 0 Å². The SMILES string of the molecule is CC(C)COc1ccc(C(C)NC(=O)[C@@H]2CC[C@H](C(=O)O)C2)cc1. The first kappa shape index (κ1) is 18.3. The van der Waals surface area contributed by atoms with Crippen molar-refractivity contribution in [2.24, 2.45) is 17.8 Å². The molecule has 132 valence electrons. The molecule has 3 atom stereocenters. The summed E-state index contributed by atoms with van der Waals surface area (Å²) in [7, 11) is 0. The summed E-state index contributed by atoms with van der Waals surface area (Å²) in [6, 6.07) is 7.62. The Hall–Kier alpha value is -2.04. The Morgan fingerprint density at radius 3 is 2.33 bits per heavy atom. The highest BCUT2D eigenvalue weighted by Crippen LogP contribution is 2.31. The summed E-state index contributed by atoms with van der Waals surface area (Å²) in [6.45, 7) is 6.82. The quantitative estimate of drug-likeness (QED) is 0.802. The number of rotatable bonds is 7. The zero-order valence-corrected chi connectivity index (χ0v) is 14.6. The minimum absolute atomic E-state index is 0.0496. The van der Waals surface area contributed by atoms with Crippen molar-refractivity contribution in [3.05, 3.63) is 29.8 Å². The molecule has 5 heteroatoms. The lowest BCUT2D eigenvalue weighted by Gasteiger charge is -2.18. The number of hydrogen-bond acceptors (Lipinski definition) is 3. The number of carbonyl (C=O) groups is 2. The summed E-state index contributed by atoms with van der Waals surface area (Å²) in [5, 5.41) is 12.0. The third kappa shape index (κ3) is 4.98. The van der Waals surface area contributed by atoms with E-state index in [1.165, 1.54) is 0 Å². The van der Waals surface area contributed by atoms with E-state index in [-0.39, 0.29) is 23.8 Å². The summed E-state index contributed by atoms with van der Waals surface area (Å²) in [5.74, 6) is -0.118. The molecule has 1 aliphatic rings. The second kappa shape index (κ2) is 8.18. The number of carbonyl (C=O) groups excluding carboxylic acids is 1. The van der Waals surface area contributed by atoms with E-state index in [2.05, 4.69) is 19.2 Å². The Balaban J connectivity index is 1.86. The molecule has 0 heterocycles. The van der Waals surface area contributed by atoms with Crippen LogP contribution in [0.2, 0.25) is 0 Å². The van der Waals surface area contributed by atoms with Crippen LogP contribution in [0.3, 0.4) is 0 Å². The number of ether oxygens (including phenoxy) is 1. The van der Waals surface area contributed by atoms with Gasteiger partial charge in [0, 0.05) is 5.92 Å². The molecule has 1 fully saturated rings. The molecule has 24 heavy (non-hydrogen) atoms. The third-order valence-corrected chi connectivity index (χ3v) is 4.47. The van der Waals surface area contributed by atoms with Crippen LogP contribution in [-0.4, -0.2) is 23.6 Å². The molecule has 1 aliphatic carbocycles. The molecule has 1 aromatic rings. The number of hydrogen-bond donors (Lipinski definition) is 2. The van der Waals surface area contributed by atoms with E-state index in [9.17, 15) is 9.59 Å². The van der Waals surface area contributed by atoms with Gasteiger partial charge in [-0.05, 0) is 49.8 Å². The van der Waals surface area contributed by atoms with Crippen molar-refractivity contribution in [1.29, 1.82) is 0 Å². The Labute approximate surface area is 143 Å². The standard InChI is InChI=1S/C19H27NO4/c1-12(2)11-24-17-8-6-14(7-9-17)13(3)20-18(21)15-4-5-16(10-15)19(22)23/h6-9,12-13,15-16H,4-5,10-11H2,1-3H3,(H,20,21)(H,22,23)/t13?,15-,16+/m1/s1. The molecule has 0 aliphatic heterocycles. The lowest BCUT2D eigenvalue weighted by atomic mass is 10.0.